The number of amides is 1. The summed E-state index contributed by atoms with van der Waals surface area (Å²) in [5.74, 6) is -0.0523. The number of halogens is 1. The highest BCUT2D eigenvalue weighted by molar-refractivity contribution is 6.29. The quantitative estimate of drug-likeness (QED) is 0.829. The van der Waals surface area contributed by atoms with E-state index in [1.165, 1.54) is 0 Å². The zero-order valence-electron chi connectivity index (χ0n) is 10.6. The van der Waals surface area contributed by atoms with Crippen LogP contribution >= 0.6 is 11.6 Å². The van der Waals surface area contributed by atoms with Gasteiger partial charge < -0.3 is 9.80 Å². The predicted molar refractivity (Wildman–Crippen MR) is 69.7 cm³/mol. The van der Waals surface area contributed by atoms with Gasteiger partial charge in [-0.05, 0) is 39.1 Å². The summed E-state index contributed by atoms with van der Waals surface area (Å²) in [5.41, 5.74) is 0.366. The van der Waals surface area contributed by atoms with Gasteiger partial charge in [-0.3, -0.25) is 4.79 Å². The first kappa shape index (κ1) is 13.2. The van der Waals surface area contributed by atoms with Crippen molar-refractivity contribution in [3.8, 4) is 0 Å². The van der Waals surface area contributed by atoms with Gasteiger partial charge in [0.05, 0.1) is 0 Å². The summed E-state index contributed by atoms with van der Waals surface area (Å²) in [6, 6.07) is 3.49. The maximum atomic E-state index is 12.3. The Morgan fingerprint density at radius 3 is 2.89 bits per heavy atom. The van der Waals surface area contributed by atoms with E-state index in [0.29, 0.717) is 10.8 Å². The molecule has 1 aromatic rings. The molecule has 5 nitrogen and oxygen atoms in total. The van der Waals surface area contributed by atoms with Crippen molar-refractivity contribution in [3.63, 3.8) is 0 Å². The van der Waals surface area contributed by atoms with Gasteiger partial charge in [-0.25, -0.2) is 0 Å². The summed E-state index contributed by atoms with van der Waals surface area (Å²) in [4.78, 5) is 16.3. The monoisotopic (exact) mass is 268 g/mol. The van der Waals surface area contributed by atoms with Crippen LogP contribution in [0.4, 0.5) is 0 Å². The number of carbonyl (C=O) groups excluding carboxylic acids is 1. The topological polar surface area (TPSA) is 49.3 Å². The average Bonchev–Trinajstić information content (AvgIpc) is 2.76. The van der Waals surface area contributed by atoms with Crippen molar-refractivity contribution in [2.45, 2.75) is 18.9 Å². The molecule has 1 amide bonds. The third kappa shape index (κ3) is 2.97. The molecule has 0 aliphatic carbocycles. The van der Waals surface area contributed by atoms with E-state index >= 15 is 0 Å². The minimum absolute atomic E-state index is 0.0523. The lowest BCUT2D eigenvalue weighted by Crippen LogP contribution is -2.41. The van der Waals surface area contributed by atoms with Crippen LogP contribution in [0.25, 0.3) is 0 Å². The highest BCUT2D eigenvalue weighted by Gasteiger charge is 2.30. The predicted octanol–water partition coefficient (Wildman–Crippen LogP) is 1.30. The Labute approximate surface area is 112 Å². The number of aromatic nitrogens is 2. The number of carbonyl (C=O) groups is 1. The van der Waals surface area contributed by atoms with Crippen LogP contribution in [0.1, 0.15) is 23.3 Å². The summed E-state index contributed by atoms with van der Waals surface area (Å²) in [5, 5.41) is 7.87. The number of nitrogens with zero attached hydrogens (tertiary/aromatic N) is 4. The van der Waals surface area contributed by atoms with Gasteiger partial charge in [0, 0.05) is 19.1 Å². The summed E-state index contributed by atoms with van der Waals surface area (Å²) in [7, 11) is 4.03. The molecule has 0 bridgehead atoms. The molecule has 1 unspecified atom stereocenters. The summed E-state index contributed by atoms with van der Waals surface area (Å²) >= 11 is 5.67. The van der Waals surface area contributed by atoms with Gasteiger partial charge in [0.15, 0.2) is 10.8 Å². The van der Waals surface area contributed by atoms with E-state index in [4.69, 9.17) is 11.6 Å². The fourth-order valence-corrected chi connectivity index (χ4v) is 2.39. The van der Waals surface area contributed by atoms with Crippen molar-refractivity contribution in [2.24, 2.45) is 0 Å². The smallest absolute Gasteiger partial charge is 0.274 e. The van der Waals surface area contributed by atoms with Gasteiger partial charge in [0.1, 0.15) is 0 Å². The summed E-state index contributed by atoms with van der Waals surface area (Å²) < 4.78 is 0. The van der Waals surface area contributed by atoms with Gasteiger partial charge in [0.25, 0.3) is 5.91 Å². The second-order valence-electron chi connectivity index (χ2n) is 4.80. The Balaban J connectivity index is 2.10. The van der Waals surface area contributed by atoms with Gasteiger partial charge in [-0.1, -0.05) is 11.6 Å². The first-order chi connectivity index (χ1) is 8.58. The molecule has 1 atom stereocenters. The normalized spacial score (nSPS) is 19.6. The van der Waals surface area contributed by atoms with Gasteiger partial charge in [-0.15, -0.1) is 10.2 Å². The summed E-state index contributed by atoms with van der Waals surface area (Å²) in [6.45, 7) is 1.68. The molecule has 6 heteroatoms. The number of hydrogen-bond acceptors (Lipinski definition) is 4. The third-order valence-electron chi connectivity index (χ3n) is 3.07. The van der Waals surface area contributed by atoms with Crippen LogP contribution in [0.3, 0.4) is 0 Å². The molecule has 0 N–H and O–H groups in total. The first-order valence-electron chi connectivity index (χ1n) is 6.03. The van der Waals surface area contributed by atoms with Crippen LogP contribution in [0.5, 0.6) is 0 Å². The molecule has 18 heavy (non-hydrogen) atoms. The van der Waals surface area contributed by atoms with E-state index in [1.54, 1.807) is 12.1 Å². The molecule has 1 aliphatic heterocycles. The van der Waals surface area contributed by atoms with Crippen molar-refractivity contribution in [1.29, 1.82) is 0 Å². The fraction of sp³-hybridized carbons (Fsp3) is 0.583. The van der Waals surface area contributed by atoms with Gasteiger partial charge >= 0.3 is 0 Å². The molecule has 98 valence electrons. The average molecular weight is 269 g/mol. The molecule has 0 radical (unpaired) electrons. The largest absolute Gasteiger partial charge is 0.333 e. The van der Waals surface area contributed by atoms with Crippen LogP contribution in [-0.2, 0) is 0 Å². The molecule has 0 aromatic carbocycles. The lowest BCUT2D eigenvalue weighted by molar-refractivity contribution is 0.0709. The molecule has 1 aliphatic rings. The van der Waals surface area contributed by atoms with E-state index in [-0.39, 0.29) is 11.9 Å². The van der Waals surface area contributed by atoms with Crippen LogP contribution in [0, 0.1) is 0 Å². The molecule has 1 fully saturated rings. The number of likely N-dealkylation sites (tertiary alicyclic amines) is 1. The molecule has 0 spiro atoms. The molecular weight excluding hydrogens is 252 g/mol. The van der Waals surface area contributed by atoms with Crippen LogP contribution < -0.4 is 0 Å². The van der Waals surface area contributed by atoms with Crippen molar-refractivity contribution in [1.82, 2.24) is 20.0 Å². The maximum Gasteiger partial charge on any atom is 0.274 e. The van der Waals surface area contributed by atoms with E-state index < -0.39 is 0 Å². The zero-order chi connectivity index (χ0) is 13.1. The van der Waals surface area contributed by atoms with Crippen molar-refractivity contribution in [2.75, 3.05) is 27.2 Å². The van der Waals surface area contributed by atoms with E-state index in [0.717, 1.165) is 25.9 Å². The lowest BCUT2D eigenvalue weighted by Gasteiger charge is -2.26. The molecule has 2 heterocycles. The maximum absolute atomic E-state index is 12.3. The Hall–Kier alpha value is -1.20. The van der Waals surface area contributed by atoms with Crippen molar-refractivity contribution >= 4 is 17.5 Å². The van der Waals surface area contributed by atoms with Gasteiger partial charge in [-0.2, -0.15) is 0 Å². The second kappa shape index (κ2) is 5.63. The van der Waals surface area contributed by atoms with E-state index in [2.05, 4.69) is 15.1 Å². The minimum Gasteiger partial charge on any atom is -0.333 e. The molecule has 2 rings (SSSR count). The second-order valence-corrected chi connectivity index (χ2v) is 5.19. The van der Waals surface area contributed by atoms with E-state index in [1.807, 2.05) is 19.0 Å². The highest BCUT2D eigenvalue weighted by atomic mass is 35.5. The van der Waals surface area contributed by atoms with Crippen LogP contribution in [0.15, 0.2) is 12.1 Å². The Morgan fingerprint density at radius 1 is 1.50 bits per heavy atom. The zero-order valence-corrected chi connectivity index (χ0v) is 11.4. The Kier molecular flexibility index (Phi) is 4.14. The fourth-order valence-electron chi connectivity index (χ4n) is 2.29. The van der Waals surface area contributed by atoms with Crippen molar-refractivity contribution in [3.05, 3.63) is 23.0 Å². The molecule has 1 aromatic heterocycles. The van der Waals surface area contributed by atoms with Gasteiger partial charge in [0.2, 0.25) is 0 Å². The summed E-state index contributed by atoms with van der Waals surface area (Å²) in [6.07, 6.45) is 2.09. The Bertz CT molecular complexity index is 421. The third-order valence-corrected chi connectivity index (χ3v) is 3.27. The number of likely N-dealkylation sites (N-methyl/N-ethyl adjacent to an activating group) is 1. The van der Waals surface area contributed by atoms with Crippen LogP contribution in [0.2, 0.25) is 5.15 Å². The SMILES string of the molecule is CN(C)CC1CCCN1C(=O)c1ccc(Cl)nn1. The molecule has 0 saturated carbocycles. The minimum atomic E-state index is -0.0523. The number of rotatable bonds is 3. The highest BCUT2D eigenvalue weighted by Crippen LogP contribution is 2.20. The Morgan fingerprint density at radius 2 is 2.28 bits per heavy atom. The first-order valence-corrected chi connectivity index (χ1v) is 6.40. The lowest BCUT2D eigenvalue weighted by atomic mass is 10.2. The number of hydrogen-bond donors (Lipinski definition) is 0. The molecule has 1 saturated heterocycles. The van der Waals surface area contributed by atoms with E-state index in [9.17, 15) is 4.79 Å². The van der Waals surface area contributed by atoms with Crippen LogP contribution in [-0.4, -0.2) is 59.1 Å². The standard InChI is InChI=1S/C12H17ClN4O/c1-16(2)8-9-4-3-7-17(9)12(18)10-5-6-11(13)15-14-10/h5-6,9H,3-4,7-8H2,1-2H3. The van der Waals surface area contributed by atoms with Crippen molar-refractivity contribution < 1.29 is 4.79 Å². The molecular formula is C12H17ClN4O.